The fourth-order valence-electron chi connectivity index (χ4n) is 5.09. The normalized spacial score (nSPS) is 12.0. The molecule has 0 bridgehead atoms. The molecule has 8 nitrogen and oxygen atoms in total. The van der Waals surface area contributed by atoms with Crippen molar-refractivity contribution in [3.8, 4) is 17.0 Å². The Labute approximate surface area is 245 Å². The van der Waals surface area contributed by atoms with Gasteiger partial charge < -0.3 is 19.7 Å². The van der Waals surface area contributed by atoms with Gasteiger partial charge >= 0.3 is 5.97 Å². The summed E-state index contributed by atoms with van der Waals surface area (Å²) in [6.45, 7) is 10.5. The van der Waals surface area contributed by atoms with Crippen LogP contribution in [0.5, 0.6) is 5.88 Å². The molecule has 1 unspecified atom stereocenters. The number of carbonyl (C=O) groups excluding carboxylic acids is 1. The number of amides is 1. The first kappa shape index (κ1) is 28.5. The summed E-state index contributed by atoms with van der Waals surface area (Å²) < 4.78 is 7.80. The maximum Gasteiger partial charge on any atom is 0.336 e. The Morgan fingerprint density at radius 3 is 2.36 bits per heavy atom. The Hall–Kier alpha value is -4.98. The van der Waals surface area contributed by atoms with E-state index in [0.717, 1.165) is 33.3 Å². The zero-order valence-corrected chi connectivity index (χ0v) is 24.4. The first-order chi connectivity index (χ1) is 20.1. The molecule has 2 N–H and O–H groups in total. The summed E-state index contributed by atoms with van der Waals surface area (Å²) in [5, 5.41) is 13.6. The summed E-state index contributed by atoms with van der Waals surface area (Å²) in [5.41, 5.74) is 7.43. The Bertz CT molecular complexity index is 1760. The van der Waals surface area contributed by atoms with Crippen molar-refractivity contribution in [1.82, 2.24) is 19.9 Å². The van der Waals surface area contributed by atoms with Gasteiger partial charge in [-0.2, -0.15) is 0 Å². The van der Waals surface area contributed by atoms with Gasteiger partial charge in [0.1, 0.15) is 0 Å². The quantitative estimate of drug-likeness (QED) is 0.206. The van der Waals surface area contributed by atoms with E-state index in [1.807, 2.05) is 75.4 Å². The molecule has 0 fully saturated rings. The average molecular weight is 563 g/mol. The van der Waals surface area contributed by atoms with Gasteiger partial charge in [0.25, 0.3) is 5.91 Å². The van der Waals surface area contributed by atoms with Crippen molar-refractivity contribution >= 4 is 22.8 Å². The molecule has 1 atom stereocenters. The average Bonchev–Trinajstić information content (AvgIpc) is 3.21. The summed E-state index contributed by atoms with van der Waals surface area (Å²) in [4.78, 5) is 33.5. The predicted molar refractivity (Wildman–Crippen MR) is 163 cm³/mol. The summed E-state index contributed by atoms with van der Waals surface area (Å²) in [6.07, 6.45) is 3.20. The second-order valence-electron chi connectivity index (χ2n) is 10.7. The van der Waals surface area contributed by atoms with Gasteiger partial charge in [-0.05, 0) is 81.1 Å². The van der Waals surface area contributed by atoms with E-state index < -0.39 is 5.97 Å². The number of nitrogens with zero attached hydrogens (tertiary/aromatic N) is 3. The minimum absolute atomic E-state index is 0.00770. The van der Waals surface area contributed by atoms with Crippen molar-refractivity contribution in [2.75, 3.05) is 0 Å². The molecular formula is C34H34N4O4. The van der Waals surface area contributed by atoms with Crippen molar-refractivity contribution in [2.24, 2.45) is 0 Å². The van der Waals surface area contributed by atoms with E-state index in [1.54, 1.807) is 24.5 Å². The van der Waals surface area contributed by atoms with Gasteiger partial charge in [0, 0.05) is 28.7 Å². The zero-order chi connectivity index (χ0) is 30.0. The predicted octanol–water partition coefficient (Wildman–Crippen LogP) is 6.74. The summed E-state index contributed by atoms with van der Waals surface area (Å²) in [6, 6.07) is 20.5. The Balaban J connectivity index is 1.34. The van der Waals surface area contributed by atoms with Crippen molar-refractivity contribution < 1.29 is 19.4 Å². The molecule has 8 heteroatoms. The van der Waals surface area contributed by atoms with E-state index in [4.69, 9.17) is 4.74 Å². The van der Waals surface area contributed by atoms with Crippen LogP contribution in [0.25, 0.3) is 22.0 Å². The first-order valence-electron chi connectivity index (χ1n) is 13.9. The van der Waals surface area contributed by atoms with Gasteiger partial charge in [0.15, 0.2) is 0 Å². The number of hydrogen-bond donors (Lipinski definition) is 2. The van der Waals surface area contributed by atoms with E-state index >= 15 is 0 Å². The molecule has 5 aromatic rings. The minimum Gasteiger partial charge on any atom is -0.478 e. The van der Waals surface area contributed by atoms with Crippen LogP contribution in [-0.2, 0) is 6.54 Å². The second-order valence-corrected chi connectivity index (χ2v) is 10.7. The number of carboxylic acid groups (broad SMARTS) is 1. The number of ether oxygens (including phenoxy) is 1. The highest BCUT2D eigenvalue weighted by atomic mass is 16.5. The third-order valence-corrected chi connectivity index (χ3v) is 7.46. The van der Waals surface area contributed by atoms with Crippen molar-refractivity contribution in [3.63, 3.8) is 0 Å². The van der Waals surface area contributed by atoms with Crippen molar-refractivity contribution in [1.29, 1.82) is 0 Å². The highest BCUT2D eigenvalue weighted by Gasteiger charge is 2.17. The van der Waals surface area contributed by atoms with Gasteiger partial charge in [0.05, 0.1) is 35.8 Å². The van der Waals surface area contributed by atoms with Gasteiger partial charge in [-0.3, -0.25) is 9.78 Å². The summed E-state index contributed by atoms with van der Waals surface area (Å²) >= 11 is 0. The maximum absolute atomic E-state index is 13.2. The number of nitrogens with one attached hydrogen (secondary N) is 1. The molecule has 0 aliphatic rings. The topological polar surface area (TPSA) is 106 Å². The lowest BCUT2D eigenvalue weighted by Crippen LogP contribution is -2.27. The molecule has 2 aromatic heterocycles. The number of benzene rings is 3. The van der Waals surface area contributed by atoms with E-state index in [-0.39, 0.29) is 23.6 Å². The molecule has 3 aromatic carbocycles. The fourth-order valence-corrected chi connectivity index (χ4v) is 5.09. The molecule has 0 aliphatic heterocycles. The van der Waals surface area contributed by atoms with Gasteiger partial charge in [-0.1, -0.05) is 42.5 Å². The van der Waals surface area contributed by atoms with Gasteiger partial charge in [-0.25, -0.2) is 9.78 Å². The van der Waals surface area contributed by atoms with E-state index in [0.29, 0.717) is 29.2 Å². The van der Waals surface area contributed by atoms with Crippen LogP contribution in [0.4, 0.5) is 0 Å². The van der Waals surface area contributed by atoms with Gasteiger partial charge in [-0.15, -0.1) is 0 Å². The van der Waals surface area contributed by atoms with E-state index in [2.05, 4.69) is 33.7 Å². The second kappa shape index (κ2) is 11.9. The minimum atomic E-state index is -0.943. The SMILES string of the molecule is Cc1c(C)n(Cc2ccc(-c3ccccc3C(=O)O)cc2)c2ccc(C(=O)NC(C)c3cnc(OC(C)C)cn3)cc12. The number of carbonyl (C=O) groups is 2. The summed E-state index contributed by atoms with van der Waals surface area (Å²) in [7, 11) is 0. The molecule has 2 heterocycles. The number of fused-ring (bicyclic) bond motifs is 1. The fraction of sp³-hybridized carbons (Fsp3) is 0.235. The summed E-state index contributed by atoms with van der Waals surface area (Å²) in [5.74, 6) is -0.676. The molecule has 0 saturated heterocycles. The molecule has 42 heavy (non-hydrogen) atoms. The van der Waals surface area contributed by atoms with Crippen LogP contribution >= 0.6 is 0 Å². The number of aromatic nitrogens is 3. The van der Waals surface area contributed by atoms with Crippen LogP contribution in [0.15, 0.2) is 79.1 Å². The molecule has 0 aliphatic carbocycles. The lowest BCUT2D eigenvalue weighted by molar-refractivity contribution is 0.0697. The van der Waals surface area contributed by atoms with Crippen LogP contribution in [0, 0.1) is 13.8 Å². The molecule has 0 spiro atoms. The number of hydrogen-bond acceptors (Lipinski definition) is 5. The van der Waals surface area contributed by atoms with Gasteiger partial charge in [0.2, 0.25) is 5.88 Å². The molecule has 0 radical (unpaired) electrons. The number of rotatable bonds is 9. The van der Waals surface area contributed by atoms with E-state index in [9.17, 15) is 14.7 Å². The third-order valence-electron chi connectivity index (χ3n) is 7.46. The lowest BCUT2D eigenvalue weighted by Gasteiger charge is -2.14. The van der Waals surface area contributed by atoms with Crippen molar-refractivity contribution in [3.05, 3.63) is 113 Å². The molecular weight excluding hydrogens is 528 g/mol. The number of aromatic carboxylic acids is 1. The largest absolute Gasteiger partial charge is 0.478 e. The highest BCUT2D eigenvalue weighted by Crippen LogP contribution is 2.29. The Morgan fingerprint density at radius 1 is 0.952 bits per heavy atom. The zero-order valence-electron chi connectivity index (χ0n) is 24.4. The maximum atomic E-state index is 13.2. The third kappa shape index (κ3) is 5.88. The smallest absolute Gasteiger partial charge is 0.336 e. The molecule has 214 valence electrons. The Kier molecular flexibility index (Phi) is 8.06. The Morgan fingerprint density at radius 2 is 1.69 bits per heavy atom. The molecule has 5 rings (SSSR count). The first-order valence-corrected chi connectivity index (χ1v) is 13.9. The van der Waals surface area contributed by atoms with Crippen LogP contribution in [0.3, 0.4) is 0 Å². The van der Waals surface area contributed by atoms with Crippen LogP contribution < -0.4 is 10.1 Å². The number of carboxylic acids is 1. The van der Waals surface area contributed by atoms with Crippen LogP contribution in [0.2, 0.25) is 0 Å². The van der Waals surface area contributed by atoms with E-state index in [1.165, 1.54) is 0 Å². The van der Waals surface area contributed by atoms with Crippen molar-refractivity contribution in [2.45, 2.75) is 53.3 Å². The monoisotopic (exact) mass is 562 g/mol. The standard InChI is InChI=1S/C34H34N4O4/c1-20(2)42-32-18-35-30(17-36-32)22(4)37-33(39)26-14-15-31-29(16-26)21(3)23(5)38(31)19-24-10-12-25(13-11-24)27-8-6-7-9-28(27)34(40)41/h6-18,20,22H,19H2,1-5H3,(H,37,39)(H,40,41). The molecule has 1 amide bonds. The van der Waals surface area contributed by atoms with Crippen LogP contribution in [0.1, 0.15) is 70.0 Å². The highest BCUT2D eigenvalue weighted by molar-refractivity contribution is 5.99. The number of aryl methyl sites for hydroxylation is 1. The van der Waals surface area contributed by atoms with Crippen LogP contribution in [-0.4, -0.2) is 37.6 Å². The molecule has 0 saturated carbocycles. The lowest BCUT2D eigenvalue weighted by atomic mass is 9.99.